The molecule has 0 atom stereocenters. The van der Waals surface area contributed by atoms with Crippen LogP contribution in [0.15, 0.2) is 30.6 Å². The van der Waals surface area contributed by atoms with Crippen molar-refractivity contribution in [3.05, 3.63) is 36.7 Å². The van der Waals surface area contributed by atoms with Gasteiger partial charge in [0.2, 0.25) is 5.91 Å². The molecule has 0 aliphatic rings. The number of carbonyl (C=O) groups is 1. The predicted molar refractivity (Wildman–Crippen MR) is 89.2 cm³/mol. The Labute approximate surface area is 137 Å². The maximum atomic E-state index is 11.6. The molecule has 1 aromatic heterocycles. The lowest BCUT2D eigenvalue weighted by atomic mass is 10.1. The summed E-state index contributed by atoms with van der Waals surface area (Å²) < 4.78 is 7.42. The molecule has 1 heterocycles. The van der Waals surface area contributed by atoms with Crippen LogP contribution in [0.1, 0.15) is 6.42 Å². The molecule has 0 saturated heterocycles. The van der Waals surface area contributed by atoms with Crippen LogP contribution in [0.4, 0.5) is 0 Å². The highest BCUT2D eigenvalue weighted by molar-refractivity contribution is 5.76. The minimum absolute atomic E-state index is 0.0398. The van der Waals surface area contributed by atoms with Gasteiger partial charge in [0.15, 0.2) is 0 Å². The molecular formula is C17H23N4O2. The zero-order valence-electron chi connectivity index (χ0n) is 13.9. The Balaban J connectivity index is 1.77. The molecule has 0 fully saturated rings. The lowest BCUT2D eigenvalue weighted by molar-refractivity contribution is -0.121. The Bertz CT molecular complexity index is 637. The highest BCUT2D eigenvalue weighted by Gasteiger charge is 2.04. The van der Waals surface area contributed by atoms with E-state index in [0.717, 1.165) is 23.4 Å². The number of benzene rings is 1. The first-order valence-corrected chi connectivity index (χ1v) is 7.59. The fourth-order valence-corrected chi connectivity index (χ4v) is 2.04. The van der Waals surface area contributed by atoms with Gasteiger partial charge in [-0.15, -0.1) is 0 Å². The van der Waals surface area contributed by atoms with Crippen LogP contribution in [0.3, 0.4) is 0 Å². The van der Waals surface area contributed by atoms with Crippen molar-refractivity contribution in [1.82, 2.24) is 20.0 Å². The molecule has 23 heavy (non-hydrogen) atoms. The van der Waals surface area contributed by atoms with Crippen LogP contribution in [0.25, 0.3) is 11.1 Å². The summed E-state index contributed by atoms with van der Waals surface area (Å²) >= 11 is 0. The minimum atomic E-state index is 0.0398. The topological polar surface area (TPSA) is 59.4 Å². The third kappa shape index (κ3) is 5.75. The van der Waals surface area contributed by atoms with Gasteiger partial charge in [-0.2, -0.15) is 5.10 Å². The molecule has 1 aromatic carbocycles. The summed E-state index contributed by atoms with van der Waals surface area (Å²) in [6.07, 6.45) is 4.24. The zero-order chi connectivity index (χ0) is 16.7. The molecule has 0 saturated carbocycles. The van der Waals surface area contributed by atoms with E-state index in [9.17, 15) is 4.79 Å². The molecule has 123 valence electrons. The van der Waals surface area contributed by atoms with E-state index in [1.165, 1.54) is 0 Å². The Morgan fingerprint density at radius 1 is 1.39 bits per heavy atom. The number of carbonyl (C=O) groups excluding carboxylic acids is 1. The van der Waals surface area contributed by atoms with Crippen LogP contribution in [0, 0.1) is 6.07 Å². The summed E-state index contributed by atoms with van der Waals surface area (Å²) in [4.78, 5) is 13.6. The summed E-state index contributed by atoms with van der Waals surface area (Å²) in [5.74, 6) is 0.770. The quantitative estimate of drug-likeness (QED) is 0.747. The fraction of sp³-hybridized carbons (Fsp3) is 0.412. The van der Waals surface area contributed by atoms with E-state index in [4.69, 9.17) is 4.74 Å². The normalized spacial score (nSPS) is 10.8. The summed E-state index contributed by atoms with van der Waals surface area (Å²) in [6.45, 7) is 1.66. The van der Waals surface area contributed by atoms with Crippen LogP contribution < -0.4 is 10.1 Å². The van der Waals surface area contributed by atoms with Crippen LogP contribution in [0.5, 0.6) is 5.75 Å². The highest BCUT2D eigenvalue weighted by Crippen LogP contribution is 2.22. The van der Waals surface area contributed by atoms with Crippen molar-refractivity contribution < 1.29 is 9.53 Å². The second kappa shape index (κ2) is 8.33. The van der Waals surface area contributed by atoms with Crippen molar-refractivity contribution in [1.29, 1.82) is 0 Å². The Kier molecular flexibility index (Phi) is 6.17. The average Bonchev–Trinajstić information content (AvgIpc) is 2.96. The van der Waals surface area contributed by atoms with Crippen molar-refractivity contribution in [3.63, 3.8) is 0 Å². The molecule has 2 aromatic rings. The molecule has 6 heteroatoms. The number of nitrogens with one attached hydrogen (secondary N) is 1. The van der Waals surface area contributed by atoms with Gasteiger partial charge in [0.05, 0.1) is 12.7 Å². The van der Waals surface area contributed by atoms with Crippen molar-refractivity contribution in [3.8, 4) is 16.9 Å². The molecule has 6 nitrogen and oxygen atoms in total. The Morgan fingerprint density at radius 3 is 2.91 bits per heavy atom. The monoisotopic (exact) mass is 315 g/mol. The molecule has 2 rings (SSSR count). The van der Waals surface area contributed by atoms with Crippen molar-refractivity contribution in [2.45, 2.75) is 6.42 Å². The van der Waals surface area contributed by atoms with Crippen molar-refractivity contribution in [2.75, 3.05) is 33.8 Å². The van der Waals surface area contributed by atoms with Crippen molar-refractivity contribution in [2.24, 2.45) is 7.05 Å². The lowest BCUT2D eigenvalue weighted by Gasteiger charge is -2.10. The molecule has 0 spiro atoms. The van der Waals surface area contributed by atoms with E-state index in [1.807, 2.05) is 44.4 Å². The lowest BCUT2D eigenvalue weighted by Crippen LogP contribution is -2.30. The van der Waals surface area contributed by atoms with Gasteiger partial charge in [-0.3, -0.25) is 9.48 Å². The minimum Gasteiger partial charge on any atom is -0.492 e. The summed E-state index contributed by atoms with van der Waals surface area (Å²) in [5.41, 5.74) is 2.02. The van der Waals surface area contributed by atoms with E-state index in [0.29, 0.717) is 19.6 Å². The van der Waals surface area contributed by atoms with Gasteiger partial charge in [0.25, 0.3) is 0 Å². The maximum absolute atomic E-state index is 11.6. The number of hydrogen-bond donors (Lipinski definition) is 1. The highest BCUT2D eigenvalue weighted by atomic mass is 16.5. The van der Waals surface area contributed by atoms with Gasteiger partial charge in [-0.25, -0.2) is 0 Å². The summed E-state index contributed by atoms with van der Waals surface area (Å²) in [7, 11) is 5.77. The van der Waals surface area contributed by atoms with E-state index >= 15 is 0 Å². The van der Waals surface area contributed by atoms with Gasteiger partial charge >= 0.3 is 0 Å². The number of ether oxygens (including phenoxy) is 1. The first kappa shape index (κ1) is 17.0. The van der Waals surface area contributed by atoms with Crippen LogP contribution >= 0.6 is 0 Å². The molecule has 0 aliphatic heterocycles. The number of nitrogens with zero attached hydrogens (tertiary/aromatic N) is 3. The summed E-state index contributed by atoms with van der Waals surface area (Å²) in [6, 6.07) is 8.69. The number of hydrogen-bond acceptors (Lipinski definition) is 4. The molecule has 1 radical (unpaired) electrons. The number of aromatic nitrogens is 2. The second-order valence-electron chi connectivity index (χ2n) is 5.61. The van der Waals surface area contributed by atoms with E-state index in [-0.39, 0.29) is 5.91 Å². The molecular weight excluding hydrogens is 292 g/mol. The Morgan fingerprint density at radius 2 is 2.22 bits per heavy atom. The van der Waals surface area contributed by atoms with Gasteiger partial charge in [-0.1, -0.05) is 0 Å². The average molecular weight is 315 g/mol. The van der Waals surface area contributed by atoms with Crippen LogP contribution in [0.2, 0.25) is 0 Å². The second-order valence-corrected chi connectivity index (χ2v) is 5.61. The fourth-order valence-electron chi connectivity index (χ4n) is 2.04. The van der Waals surface area contributed by atoms with Crippen LogP contribution in [-0.4, -0.2) is 54.4 Å². The van der Waals surface area contributed by atoms with Gasteiger partial charge in [0.1, 0.15) is 12.4 Å². The molecule has 1 N–H and O–H groups in total. The van der Waals surface area contributed by atoms with Gasteiger partial charge in [0, 0.05) is 31.8 Å². The maximum Gasteiger partial charge on any atom is 0.221 e. The van der Waals surface area contributed by atoms with E-state index in [2.05, 4.69) is 16.5 Å². The third-order valence-electron chi connectivity index (χ3n) is 3.28. The molecule has 0 bridgehead atoms. The van der Waals surface area contributed by atoms with E-state index < -0.39 is 0 Å². The number of aryl methyl sites for hydroxylation is 1. The summed E-state index contributed by atoms with van der Waals surface area (Å²) in [5, 5.41) is 7.00. The number of rotatable bonds is 8. The molecule has 1 amide bonds. The van der Waals surface area contributed by atoms with Gasteiger partial charge in [-0.05, 0) is 43.9 Å². The van der Waals surface area contributed by atoms with Crippen molar-refractivity contribution >= 4 is 5.91 Å². The standard InChI is InChI=1S/C17H23N4O2/c1-20(2)9-7-17(22)18-8-10-23-16-6-4-5-14(11-16)15-12-19-21(3)13-15/h5-6,11-13H,7-10H2,1-3H3,(H,18,22). The smallest absolute Gasteiger partial charge is 0.221 e. The third-order valence-corrected chi connectivity index (χ3v) is 3.28. The molecule has 0 aliphatic carbocycles. The van der Waals surface area contributed by atoms with Crippen LogP contribution in [-0.2, 0) is 11.8 Å². The van der Waals surface area contributed by atoms with E-state index in [1.54, 1.807) is 16.9 Å². The first-order valence-electron chi connectivity index (χ1n) is 7.59. The SMILES string of the molecule is CN(C)CCC(=O)NCCOc1c[c]cc(-c2cnn(C)c2)c1. The first-order chi connectivity index (χ1) is 11.0. The Hall–Kier alpha value is -2.34. The molecule has 0 unspecified atom stereocenters. The largest absolute Gasteiger partial charge is 0.492 e. The number of amides is 1. The predicted octanol–water partition coefficient (Wildman–Crippen LogP) is 1.33. The zero-order valence-corrected chi connectivity index (χ0v) is 13.9. The van der Waals surface area contributed by atoms with Gasteiger partial charge < -0.3 is 15.0 Å².